The summed E-state index contributed by atoms with van der Waals surface area (Å²) in [6.07, 6.45) is 1.79. The summed E-state index contributed by atoms with van der Waals surface area (Å²) in [7, 11) is 0. The van der Waals surface area contributed by atoms with E-state index >= 15 is 0 Å². The van der Waals surface area contributed by atoms with Gasteiger partial charge in [0.15, 0.2) is 0 Å². The molecule has 0 aromatic rings. The summed E-state index contributed by atoms with van der Waals surface area (Å²) >= 11 is 0. The number of aliphatic hydroxyl groups is 1. The Labute approximate surface area is 84.9 Å². The number of hydrogen-bond acceptors (Lipinski definition) is 3. The van der Waals surface area contributed by atoms with E-state index in [-0.39, 0.29) is 24.0 Å². The van der Waals surface area contributed by atoms with E-state index < -0.39 is 0 Å². The Morgan fingerprint density at radius 1 is 1.57 bits per heavy atom. The van der Waals surface area contributed by atoms with Gasteiger partial charge >= 0.3 is 0 Å². The first-order valence-electron chi connectivity index (χ1n) is 5.23. The van der Waals surface area contributed by atoms with Crippen LogP contribution in [0.4, 0.5) is 0 Å². The number of carbonyl (C=O) groups is 1. The van der Waals surface area contributed by atoms with Gasteiger partial charge in [0.05, 0.1) is 6.10 Å². The summed E-state index contributed by atoms with van der Waals surface area (Å²) in [4.78, 5) is 11.4. The SMILES string of the molecule is CC(N)C(C)C(=O)NCC(O)C1CC1. The molecule has 0 spiro atoms. The average Bonchev–Trinajstić information content (AvgIpc) is 2.95. The Morgan fingerprint density at radius 2 is 2.14 bits per heavy atom. The molecule has 0 saturated heterocycles. The molecule has 4 N–H and O–H groups in total. The molecule has 82 valence electrons. The Balaban J connectivity index is 2.19. The highest BCUT2D eigenvalue weighted by Gasteiger charge is 2.30. The highest BCUT2D eigenvalue weighted by molar-refractivity contribution is 5.78. The van der Waals surface area contributed by atoms with Crippen LogP contribution in [-0.4, -0.2) is 29.7 Å². The van der Waals surface area contributed by atoms with Gasteiger partial charge in [0.1, 0.15) is 0 Å². The predicted octanol–water partition coefficient (Wildman–Crippen LogP) is -0.143. The lowest BCUT2D eigenvalue weighted by molar-refractivity contribution is -0.125. The van der Waals surface area contributed by atoms with Gasteiger partial charge in [0.25, 0.3) is 0 Å². The molecule has 1 amide bonds. The molecular weight excluding hydrogens is 180 g/mol. The normalized spacial score (nSPS) is 22.6. The fraction of sp³-hybridized carbons (Fsp3) is 0.900. The van der Waals surface area contributed by atoms with E-state index in [9.17, 15) is 9.90 Å². The van der Waals surface area contributed by atoms with E-state index in [1.54, 1.807) is 6.92 Å². The number of carbonyl (C=O) groups excluding carboxylic acids is 1. The summed E-state index contributed by atoms with van der Waals surface area (Å²) in [5, 5.41) is 12.2. The van der Waals surface area contributed by atoms with Crippen LogP contribution >= 0.6 is 0 Å². The van der Waals surface area contributed by atoms with Crippen LogP contribution in [0.3, 0.4) is 0 Å². The summed E-state index contributed by atoms with van der Waals surface area (Å²) in [6, 6.07) is -0.145. The number of hydrogen-bond donors (Lipinski definition) is 3. The molecule has 1 fully saturated rings. The third-order valence-corrected chi connectivity index (χ3v) is 2.85. The Kier molecular flexibility index (Phi) is 3.89. The molecule has 1 saturated carbocycles. The van der Waals surface area contributed by atoms with Crippen LogP contribution < -0.4 is 11.1 Å². The molecule has 0 bridgehead atoms. The van der Waals surface area contributed by atoms with Gasteiger partial charge in [-0.3, -0.25) is 4.79 Å². The third-order valence-electron chi connectivity index (χ3n) is 2.85. The van der Waals surface area contributed by atoms with Gasteiger partial charge in [0.2, 0.25) is 5.91 Å². The first-order valence-corrected chi connectivity index (χ1v) is 5.23. The lowest BCUT2D eigenvalue weighted by atomic mass is 10.0. The quantitative estimate of drug-likeness (QED) is 0.578. The van der Waals surface area contributed by atoms with Crippen LogP contribution in [0.2, 0.25) is 0 Å². The maximum absolute atomic E-state index is 11.4. The molecule has 0 radical (unpaired) electrons. The van der Waals surface area contributed by atoms with Crippen molar-refractivity contribution in [1.29, 1.82) is 0 Å². The van der Waals surface area contributed by atoms with Crippen LogP contribution in [0.5, 0.6) is 0 Å². The maximum atomic E-state index is 11.4. The largest absolute Gasteiger partial charge is 0.391 e. The molecule has 3 atom stereocenters. The van der Waals surface area contributed by atoms with Crippen LogP contribution in [0.15, 0.2) is 0 Å². The molecule has 14 heavy (non-hydrogen) atoms. The van der Waals surface area contributed by atoms with Crippen LogP contribution in [0.1, 0.15) is 26.7 Å². The molecule has 0 heterocycles. The predicted molar refractivity (Wildman–Crippen MR) is 54.6 cm³/mol. The molecular formula is C10H20N2O2. The van der Waals surface area contributed by atoms with E-state index in [1.807, 2.05) is 6.92 Å². The number of nitrogens with two attached hydrogens (primary N) is 1. The van der Waals surface area contributed by atoms with Crippen LogP contribution in [-0.2, 0) is 4.79 Å². The minimum atomic E-state index is -0.376. The molecule has 1 aliphatic rings. The highest BCUT2D eigenvalue weighted by atomic mass is 16.3. The summed E-state index contributed by atoms with van der Waals surface area (Å²) in [5.74, 6) is 0.141. The average molecular weight is 200 g/mol. The monoisotopic (exact) mass is 200 g/mol. The maximum Gasteiger partial charge on any atom is 0.224 e. The van der Waals surface area contributed by atoms with Gasteiger partial charge in [-0.2, -0.15) is 0 Å². The minimum Gasteiger partial charge on any atom is -0.391 e. The Morgan fingerprint density at radius 3 is 2.57 bits per heavy atom. The fourth-order valence-corrected chi connectivity index (χ4v) is 1.25. The molecule has 4 heteroatoms. The van der Waals surface area contributed by atoms with Crippen LogP contribution in [0, 0.1) is 11.8 Å². The molecule has 1 aliphatic carbocycles. The van der Waals surface area contributed by atoms with Crippen molar-refractivity contribution in [2.24, 2.45) is 17.6 Å². The Hall–Kier alpha value is -0.610. The van der Waals surface area contributed by atoms with E-state index in [0.29, 0.717) is 12.5 Å². The third kappa shape index (κ3) is 3.27. The zero-order chi connectivity index (χ0) is 10.7. The second kappa shape index (κ2) is 4.75. The van der Waals surface area contributed by atoms with Gasteiger partial charge in [-0.1, -0.05) is 6.92 Å². The van der Waals surface area contributed by atoms with Gasteiger partial charge in [-0.05, 0) is 25.7 Å². The van der Waals surface area contributed by atoms with E-state index in [4.69, 9.17) is 5.73 Å². The van der Waals surface area contributed by atoms with E-state index in [1.165, 1.54) is 0 Å². The summed E-state index contributed by atoms with van der Waals surface area (Å²) in [6.45, 7) is 3.96. The van der Waals surface area contributed by atoms with Crippen molar-refractivity contribution < 1.29 is 9.90 Å². The highest BCUT2D eigenvalue weighted by Crippen LogP contribution is 2.32. The summed E-state index contributed by atoms with van der Waals surface area (Å²) < 4.78 is 0. The molecule has 3 unspecified atom stereocenters. The van der Waals surface area contributed by atoms with Gasteiger partial charge < -0.3 is 16.2 Å². The Bertz CT molecular complexity index is 202. The van der Waals surface area contributed by atoms with E-state index in [2.05, 4.69) is 5.32 Å². The minimum absolute atomic E-state index is 0.0697. The topological polar surface area (TPSA) is 75.4 Å². The van der Waals surface area contributed by atoms with Crippen molar-refractivity contribution in [2.75, 3.05) is 6.54 Å². The van der Waals surface area contributed by atoms with Gasteiger partial charge in [-0.25, -0.2) is 0 Å². The van der Waals surface area contributed by atoms with Crippen molar-refractivity contribution >= 4 is 5.91 Å². The molecule has 1 rings (SSSR count). The number of nitrogens with one attached hydrogen (secondary N) is 1. The molecule has 4 nitrogen and oxygen atoms in total. The van der Waals surface area contributed by atoms with Gasteiger partial charge in [-0.15, -0.1) is 0 Å². The molecule has 0 aliphatic heterocycles. The first kappa shape index (κ1) is 11.5. The molecule has 0 aromatic heterocycles. The first-order chi connectivity index (χ1) is 6.52. The smallest absolute Gasteiger partial charge is 0.224 e. The number of amides is 1. The van der Waals surface area contributed by atoms with E-state index in [0.717, 1.165) is 12.8 Å². The van der Waals surface area contributed by atoms with Crippen LogP contribution in [0.25, 0.3) is 0 Å². The lowest BCUT2D eigenvalue weighted by Gasteiger charge is -2.17. The van der Waals surface area contributed by atoms with Gasteiger partial charge in [0, 0.05) is 18.5 Å². The fourth-order valence-electron chi connectivity index (χ4n) is 1.25. The standard InChI is InChI=1S/C10H20N2O2/c1-6(7(2)11)10(14)12-5-9(13)8-3-4-8/h6-9,13H,3-5,11H2,1-2H3,(H,12,14). The lowest BCUT2D eigenvalue weighted by Crippen LogP contribution is -2.41. The zero-order valence-electron chi connectivity index (χ0n) is 8.86. The van der Waals surface area contributed by atoms with Crippen molar-refractivity contribution in [2.45, 2.75) is 38.8 Å². The van der Waals surface area contributed by atoms with Crippen molar-refractivity contribution in [3.63, 3.8) is 0 Å². The van der Waals surface area contributed by atoms with Crippen molar-refractivity contribution in [1.82, 2.24) is 5.32 Å². The molecule has 0 aromatic carbocycles. The number of aliphatic hydroxyl groups excluding tert-OH is 1. The van der Waals surface area contributed by atoms with Crippen molar-refractivity contribution in [3.8, 4) is 0 Å². The van der Waals surface area contributed by atoms with Crippen molar-refractivity contribution in [3.05, 3.63) is 0 Å². The summed E-state index contributed by atoms with van der Waals surface area (Å²) in [5.41, 5.74) is 5.59. The zero-order valence-corrected chi connectivity index (χ0v) is 8.86. The second-order valence-electron chi connectivity index (χ2n) is 4.30. The second-order valence-corrected chi connectivity index (χ2v) is 4.30. The number of rotatable bonds is 5.